The molecule has 1 amide bonds. The number of nitrogens with zero attached hydrogens (tertiary/aromatic N) is 3. The normalized spacial score (nSPS) is 10.6. The van der Waals surface area contributed by atoms with Gasteiger partial charge in [0.2, 0.25) is 0 Å². The van der Waals surface area contributed by atoms with Gasteiger partial charge in [0.25, 0.3) is 5.91 Å². The number of nitrogens with one attached hydrogen (secondary N) is 2. The summed E-state index contributed by atoms with van der Waals surface area (Å²) < 4.78 is 0. The van der Waals surface area contributed by atoms with Crippen LogP contribution in [0.4, 0.5) is 5.69 Å². The van der Waals surface area contributed by atoms with E-state index in [1.807, 2.05) is 43.3 Å². The summed E-state index contributed by atoms with van der Waals surface area (Å²) in [6.45, 7) is 0. The number of hydrazone groups is 1. The molecule has 0 aliphatic carbocycles. The monoisotopic (exact) mass is 257 g/mol. The zero-order valence-corrected chi connectivity index (χ0v) is 10.8. The van der Waals surface area contributed by atoms with E-state index in [-0.39, 0.29) is 5.91 Å². The van der Waals surface area contributed by atoms with Gasteiger partial charge in [-0.3, -0.25) is 9.89 Å². The summed E-state index contributed by atoms with van der Waals surface area (Å²) in [7, 11) is 3.96. The molecular formula is C13H15N5O. The lowest BCUT2D eigenvalue weighted by atomic mass is 10.2. The van der Waals surface area contributed by atoms with E-state index in [0.717, 1.165) is 11.3 Å². The Labute approximate surface area is 111 Å². The predicted molar refractivity (Wildman–Crippen MR) is 74.4 cm³/mol. The van der Waals surface area contributed by atoms with Crippen molar-refractivity contribution >= 4 is 17.8 Å². The smallest absolute Gasteiger partial charge is 0.289 e. The zero-order chi connectivity index (χ0) is 13.7. The minimum atomic E-state index is -0.321. The number of anilines is 1. The molecular weight excluding hydrogens is 242 g/mol. The fourth-order valence-electron chi connectivity index (χ4n) is 1.47. The number of hydrogen-bond acceptors (Lipinski definition) is 4. The number of hydrogen-bond donors (Lipinski definition) is 2. The van der Waals surface area contributed by atoms with E-state index in [4.69, 9.17) is 0 Å². The van der Waals surface area contributed by atoms with E-state index in [2.05, 4.69) is 20.7 Å². The molecule has 1 aromatic heterocycles. The van der Waals surface area contributed by atoms with E-state index in [1.54, 1.807) is 12.3 Å². The Balaban J connectivity index is 1.94. The number of aromatic nitrogens is 2. The molecule has 0 radical (unpaired) electrons. The summed E-state index contributed by atoms with van der Waals surface area (Å²) in [6, 6.07) is 9.41. The van der Waals surface area contributed by atoms with Crippen LogP contribution < -0.4 is 10.3 Å². The fraction of sp³-hybridized carbons (Fsp3) is 0.154. The van der Waals surface area contributed by atoms with Crippen LogP contribution in [-0.2, 0) is 0 Å². The van der Waals surface area contributed by atoms with Gasteiger partial charge in [0.1, 0.15) is 5.69 Å². The Hall–Kier alpha value is -2.63. The van der Waals surface area contributed by atoms with Crippen LogP contribution in [0.15, 0.2) is 41.6 Å². The molecule has 0 spiro atoms. The van der Waals surface area contributed by atoms with Crippen LogP contribution in [-0.4, -0.2) is 36.4 Å². The van der Waals surface area contributed by atoms with Crippen LogP contribution in [0.2, 0.25) is 0 Å². The summed E-state index contributed by atoms with van der Waals surface area (Å²) in [5, 5.41) is 10.1. The van der Waals surface area contributed by atoms with E-state index in [0.29, 0.717) is 5.69 Å². The minimum Gasteiger partial charge on any atom is -0.378 e. The molecule has 0 unspecified atom stereocenters. The highest BCUT2D eigenvalue weighted by Gasteiger charge is 2.03. The first-order valence-corrected chi connectivity index (χ1v) is 5.77. The second kappa shape index (κ2) is 5.81. The molecule has 2 N–H and O–H groups in total. The first-order valence-electron chi connectivity index (χ1n) is 5.77. The van der Waals surface area contributed by atoms with Gasteiger partial charge in [-0.05, 0) is 23.8 Å². The Bertz CT molecular complexity index is 557. The molecule has 1 heterocycles. The molecule has 0 fully saturated rings. The Morgan fingerprint density at radius 3 is 2.63 bits per heavy atom. The molecule has 0 aliphatic heterocycles. The quantitative estimate of drug-likeness (QED) is 0.639. The van der Waals surface area contributed by atoms with Crippen molar-refractivity contribution in [3.05, 3.63) is 47.8 Å². The van der Waals surface area contributed by atoms with Crippen molar-refractivity contribution in [1.82, 2.24) is 15.6 Å². The number of carbonyl (C=O) groups is 1. The van der Waals surface area contributed by atoms with Crippen molar-refractivity contribution in [2.45, 2.75) is 0 Å². The molecule has 0 saturated heterocycles. The standard InChI is InChI=1S/C13H15N5O/c1-18(2)11-5-3-10(4-6-11)9-15-17-13(19)12-7-8-14-16-12/h3-9H,1-2H3,(H,14,16)(H,17,19)/b15-9+. The van der Waals surface area contributed by atoms with Crippen LogP contribution in [0, 0.1) is 0 Å². The highest BCUT2D eigenvalue weighted by Crippen LogP contribution is 2.10. The second-order valence-electron chi connectivity index (χ2n) is 4.16. The predicted octanol–water partition coefficient (Wildman–Crippen LogP) is 1.24. The number of amides is 1. The van der Waals surface area contributed by atoms with Gasteiger partial charge < -0.3 is 4.90 Å². The topological polar surface area (TPSA) is 73.4 Å². The van der Waals surface area contributed by atoms with Crippen molar-refractivity contribution in [1.29, 1.82) is 0 Å². The lowest BCUT2D eigenvalue weighted by Gasteiger charge is -2.11. The third-order valence-corrected chi connectivity index (χ3v) is 2.53. The van der Waals surface area contributed by atoms with Crippen molar-refractivity contribution in [2.75, 3.05) is 19.0 Å². The second-order valence-corrected chi connectivity index (χ2v) is 4.16. The SMILES string of the molecule is CN(C)c1ccc(/C=N/NC(=O)c2ccn[nH]2)cc1. The summed E-state index contributed by atoms with van der Waals surface area (Å²) in [6.07, 6.45) is 3.10. The van der Waals surface area contributed by atoms with Crippen LogP contribution in [0.3, 0.4) is 0 Å². The molecule has 6 nitrogen and oxygen atoms in total. The van der Waals surface area contributed by atoms with Crippen LogP contribution >= 0.6 is 0 Å². The van der Waals surface area contributed by atoms with Crippen LogP contribution in [0.5, 0.6) is 0 Å². The number of carbonyl (C=O) groups excluding carboxylic acids is 1. The fourth-order valence-corrected chi connectivity index (χ4v) is 1.47. The van der Waals surface area contributed by atoms with Crippen LogP contribution in [0.1, 0.15) is 16.1 Å². The third-order valence-electron chi connectivity index (χ3n) is 2.53. The van der Waals surface area contributed by atoms with Crippen molar-refractivity contribution < 1.29 is 4.79 Å². The van der Waals surface area contributed by atoms with Crippen LogP contribution in [0.25, 0.3) is 0 Å². The molecule has 19 heavy (non-hydrogen) atoms. The Kier molecular flexibility index (Phi) is 3.92. The molecule has 6 heteroatoms. The molecule has 0 atom stereocenters. The van der Waals surface area contributed by atoms with E-state index in [9.17, 15) is 4.79 Å². The Morgan fingerprint density at radius 2 is 2.05 bits per heavy atom. The maximum absolute atomic E-state index is 11.5. The lowest BCUT2D eigenvalue weighted by Crippen LogP contribution is -2.18. The van der Waals surface area contributed by atoms with Gasteiger partial charge in [0.05, 0.1) is 6.21 Å². The summed E-state index contributed by atoms with van der Waals surface area (Å²) in [5.41, 5.74) is 4.82. The molecule has 1 aromatic carbocycles. The maximum atomic E-state index is 11.5. The molecule has 0 bridgehead atoms. The number of benzene rings is 1. The lowest BCUT2D eigenvalue weighted by molar-refractivity contribution is 0.0950. The molecule has 0 saturated carbocycles. The largest absolute Gasteiger partial charge is 0.378 e. The average molecular weight is 257 g/mol. The van der Waals surface area contributed by atoms with Gasteiger partial charge in [-0.1, -0.05) is 12.1 Å². The van der Waals surface area contributed by atoms with E-state index in [1.165, 1.54) is 6.20 Å². The van der Waals surface area contributed by atoms with E-state index < -0.39 is 0 Å². The molecule has 0 aliphatic rings. The molecule has 98 valence electrons. The maximum Gasteiger partial charge on any atom is 0.289 e. The number of aromatic amines is 1. The van der Waals surface area contributed by atoms with Crippen molar-refractivity contribution in [2.24, 2.45) is 5.10 Å². The average Bonchev–Trinajstić information content (AvgIpc) is 2.93. The van der Waals surface area contributed by atoms with Crippen molar-refractivity contribution in [3.63, 3.8) is 0 Å². The highest BCUT2D eigenvalue weighted by atomic mass is 16.2. The first kappa shape index (κ1) is 12.8. The summed E-state index contributed by atoms with van der Waals surface area (Å²) >= 11 is 0. The minimum absolute atomic E-state index is 0.321. The number of H-pyrrole nitrogens is 1. The first-order chi connectivity index (χ1) is 9.16. The van der Waals surface area contributed by atoms with Gasteiger partial charge in [0.15, 0.2) is 0 Å². The summed E-state index contributed by atoms with van der Waals surface area (Å²) in [5.74, 6) is -0.321. The van der Waals surface area contributed by atoms with Gasteiger partial charge in [-0.25, -0.2) is 5.43 Å². The van der Waals surface area contributed by atoms with Gasteiger partial charge in [0, 0.05) is 26.0 Å². The number of rotatable bonds is 4. The van der Waals surface area contributed by atoms with E-state index >= 15 is 0 Å². The Morgan fingerprint density at radius 1 is 1.32 bits per heavy atom. The van der Waals surface area contributed by atoms with Gasteiger partial charge in [-0.2, -0.15) is 10.2 Å². The summed E-state index contributed by atoms with van der Waals surface area (Å²) in [4.78, 5) is 13.6. The highest BCUT2D eigenvalue weighted by molar-refractivity contribution is 5.92. The van der Waals surface area contributed by atoms with Gasteiger partial charge in [-0.15, -0.1) is 0 Å². The third kappa shape index (κ3) is 3.41. The molecule has 2 aromatic rings. The van der Waals surface area contributed by atoms with Crippen molar-refractivity contribution in [3.8, 4) is 0 Å². The van der Waals surface area contributed by atoms with Gasteiger partial charge >= 0.3 is 0 Å². The zero-order valence-electron chi connectivity index (χ0n) is 10.8. The molecule has 2 rings (SSSR count).